The molecule has 1 rings (SSSR count). The van der Waals surface area contributed by atoms with Crippen molar-refractivity contribution in [3.8, 4) is 0 Å². The average Bonchev–Trinajstić information content (AvgIpc) is 2.69. The Morgan fingerprint density at radius 2 is 1.94 bits per heavy atom. The molecule has 0 unspecified atom stereocenters. The monoisotopic (exact) mass is 463 g/mol. The van der Waals surface area contributed by atoms with Gasteiger partial charge in [-0.1, -0.05) is 0 Å². The molecule has 0 saturated heterocycles. The number of aliphatic carboxylic acids is 1. The van der Waals surface area contributed by atoms with E-state index in [9.17, 15) is 29.7 Å². The van der Waals surface area contributed by atoms with Crippen LogP contribution in [0.2, 0.25) is 0 Å². The number of guanidine groups is 1. The molecule has 14 heteroatoms. The number of amides is 2. The third-order valence-electron chi connectivity index (χ3n) is 4.35. The van der Waals surface area contributed by atoms with Crippen LogP contribution in [-0.4, -0.2) is 99.2 Å². The zero-order valence-corrected chi connectivity index (χ0v) is 17.9. The fourth-order valence-corrected chi connectivity index (χ4v) is 3.38. The molecule has 0 spiro atoms. The summed E-state index contributed by atoms with van der Waals surface area (Å²) in [4.78, 5) is 39.9. The van der Waals surface area contributed by atoms with E-state index in [1.807, 2.05) is 6.26 Å². The zero-order valence-electron chi connectivity index (χ0n) is 17.1. The van der Waals surface area contributed by atoms with Crippen molar-refractivity contribution in [3.63, 3.8) is 0 Å². The molecule has 13 nitrogen and oxygen atoms in total. The predicted molar refractivity (Wildman–Crippen MR) is 112 cm³/mol. The zero-order chi connectivity index (χ0) is 23.7. The second-order valence-electron chi connectivity index (χ2n) is 6.77. The number of carbonyl (C=O) groups excluding carboxylic acids is 2. The van der Waals surface area contributed by atoms with Crippen LogP contribution in [0.25, 0.3) is 0 Å². The molecule has 0 aliphatic carbocycles. The van der Waals surface area contributed by atoms with Crippen LogP contribution in [-0.2, 0) is 19.1 Å². The minimum atomic E-state index is -1.78. The first-order valence-electron chi connectivity index (χ1n) is 9.25. The van der Waals surface area contributed by atoms with Gasteiger partial charge in [0.25, 0.3) is 0 Å². The van der Waals surface area contributed by atoms with Crippen molar-refractivity contribution in [1.82, 2.24) is 10.6 Å². The third-order valence-corrected chi connectivity index (χ3v) is 4.99. The molecule has 0 bridgehead atoms. The first-order chi connectivity index (χ1) is 14.5. The lowest BCUT2D eigenvalue weighted by Crippen LogP contribution is -2.64. The first kappa shape index (κ1) is 26.5. The van der Waals surface area contributed by atoms with Crippen molar-refractivity contribution in [2.45, 2.75) is 49.8 Å². The number of rotatable bonds is 11. The number of nitrogens with two attached hydrogens (primary N) is 2. The lowest BCUT2D eigenvalue weighted by atomic mass is 9.91. The van der Waals surface area contributed by atoms with Crippen LogP contribution in [0.4, 0.5) is 0 Å². The van der Waals surface area contributed by atoms with Crippen molar-refractivity contribution in [2.75, 3.05) is 18.6 Å². The molecule has 0 radical (unpaired) electrons. The largest absolute Gasteiger partial charge is 0.478 e. The van der Waals surface area contributed by atoms with E-state index in [4.69, 9.17) is 21.3 Å². The number of ether oxygens (including phenoxy) is 1. The fourth-order valence-electron chi connectivity index (χ4n) is 2.92. The van der Waals surface area contributed by atoms with Crippen LogP contribution >= 0.6 is 11.8 Å². The van der Waals surface area contributed by atoms with Gasteiger partial charge in [-0.05, 0) is 24.5 Å². The molecule has 2 amide bonds. The van der Waals surface area contributed by atoms with E-state index in [2.05, 4.69) is 15.6 Å². The first-order valence-corrected chi connectivity index (χ1v) is 10.6. The highest BCUT2D eigenvalue weighted by molar-refractivity contribution is 7.98. The summed E-state index contributed by atoms with van der Waals surface area (Å²) in [5.41, 5.74) is 10.8. The summed E-state index contributed by atoms with van der Waals surface area (Å²) in [6.07, 6.45) is -1.81. The Labute approximate surface area is 182 Å². The molecule has 0 saturated carbocycles. The Hall–Kier alpha value is -2.55. The molecule has 0 fully saturated rings. The number of carbonyl (C=O) groups is 3. The number of aliphatic hydroxyl groups is 3. The molecule has 1 heterocycles. The van der Waals surface area contributed by atoms with Gasteiger partial charge >= 0.3 is 5.97 Å². The number of hydrogen-bond donors (Lipinski definition) is 8. The number of nitrogens with zero attached hydrogens (tertiary/aromatic N) is 1. The molecule has 1 aliphatic rings. The van der Waals surface area contributed by atoms with Gasteiger partial charge in [0.1, 0.15) is 24.4 Å². The number of aliphatic hydroxyl groups excluding tert-OH is 3. The summed E-state index contributed by atoms with van der Waals surface area (Å²) in [6, 6.07) is -3.32. The van der Waals surface area contributed by atoms with Gasteiger partial charge in [-0.2, -0.15) is 11.8 Å². The number of hydrogen-bond acceptors (Lipinski definition) is 9. The number of thioether (sulfide) groups is 1. The highest BCUT2D eigenvalue weighted by Crippen LogP contribution is 2.23. The lowest BCUT2D eigenvalue weighted by Gasteiger charge is -2.40. The second kappa shape index (κ2) is 12.3. The number of carboxylic acid groups (broad SMARTS) is 1. The van der Waals surface area contributed by atoms with Crippen molar-refractivity contribution in [1.29, 1.82) is 0 Å². The van der Waals surface area contributed by atoms with Gasteiger partial charge < -0.3 is 47.3 Å². The van der Waals surface area contributed by atoms with Gasteiger partial charge in [0.2, 0.25) is 17.6 Å². The Kier molecular flexibility index (Phi) is 10.5. The predicted octanol–water partition coefficient (Wildman–Crippen LogP) is -3.55. The minimum absolute atomic E-state index is 0.281. The fraction of sp³-hybridized carbons (Fsp3) is 0.647. The maximum absolute atomic E-state index is 12.8. The Morgan fingerprint density at radius 1 is 1.29 bits per heavy atom. The normalized spacial score (nSPS) is 23.4. The second-order valence-corrected chi connectivity index (χ2v) is 7.76. The van der Waals surface area contributed by atoms with Gasteiger partial charge in [-0.15, -0.1) is 0 Å². The van der Waals surface area contributed by atoms with Gasteiger partial charge in [0.15, 0.2) is 5.96 Å². The molecule has 176 valence electrons. The van der Waals surface area contributed by atoms with E-state index >= 15 is 0 Å². The molecular weight excluding hydrogens is 434 g/mol. The van der Waals surface area contributed by atoms with E-state index in [-0.39, 0.29) is 12.4 Å². The van der Waals surface area contributed by atoms with Gasteiger partial charge in [-0.25, -0.2) is 9.79 Å². The van der Waals surface area contributed by atoms with Crippen molar-refractivity contribution in [2.24, 2.45) is 16.5 Å². The van der Waals surface area contributed by atoms with Crippen LogP contribution in [0, 0.1) is 0 Å². The Balaban J connectivity index is 3.30. The number of nitrogens with one attached hydrogen (secondary N) is 2. The molecule has 6 atom stereocenters. The summed E-state index contributed by atoms with van der Waals surface area (Å²) < 4.78 is 5.25. The van der Waals surface area contributed by atoms with Gasteiger partial charge in [0, 0.05) is 6.92 Å². The standard InChI is InChI=1S/C17H29N5O8S/c1-7(24)20-12-9(21-15(27)8(3-4-31-2)22-17(18)19)5-11(16(28)29)30-14(12)13(26)10(25)6-23/h5,8-10,12-14,23,25-26H,3-4,6H2,1-2H3,(H,20,24)(H,21,27)(H,28,29)(H4,18,19,22)/t8-,9-,10+,12+,13+,14+/m0/s1. The molecule has 31 heavy (non-hydrogen) atoms. The van der Waals surface area contributed by atoms with Crippen LogP contribution in [0.15, 0.2) is 16.8 Å². The van der Waals surface area contributed by atoms with Crippen LogP contribution in [0.1, 0.15) is 13.3 Å². The summed E-state index contributed by atoms with van der Waals surface area (Å²) >= 11 is 1.46. The maximum Gasteiger partial charge on any atom is 0.370 e. The van der Waals surface area contributed by atoms with Crippen LogP contribution in [0.3, 0.4) is 0 Å². The average molecular weight is 464 g/mol. The Bertz CT molecular complexity index is 715. The van der Waals surface area contributed by atoms with E-state index in [0.29, 0.717) is 5.75 Å². The summed E-state index contributed by atoms with van der Waals surface area (Å²) in [7, 11) is 0. The van der Waals surface area contributed by atoms with Crippen LogP contribution in [0.5, 0.6) is 0 Å². The summed E-state index contributed by atoms with van der Waals surface area (Å²) in [5, 5.41) is 43.7. The summed E-state index contributed by atoms with van der Waals surface area (Å²) in [5.74, 6) is -3.10. The van der Waals surface area contributed by atoms with E-state index in [1.54, 1.807) is 0 Å². The van der Waals surface area contributed by atoms with Gasteiger partial charge in [0.05, 0.1) is 18.7 Å². The third kappa shape index (κ3) is 7.90. The number of aliphatic imine (C=N–C) groups is 1. The molecular formula is C17H29N5O8S. The molecule has 10 N–H and O–H groups in total. The maximum atomic E-state index is 12.8. The smallest absolute Gasteiger partial charge is 0.370 e. The molecule has 0 aromatic heterocycles. The quantitative estimate of drug-likeness (QED) is 0.110. The SMILES string of the molecule is CSCC[C@H](N=C(N)N)C(=O)N[C@H]1C=C(C(=O)O)O[C@@H]([C@H](O)[C@H](O)CO)[C@@H]1NC(C)=O. The highest BCUT2D eigenvalue weighted by Gasteiger charge is 2.44. The Morgan fingerprint density at radius 3 is 2.42 bits per heavy atom. The van der Waals surface area contributed by atoms with E-state index < -0.39 is 66.6 Å². The van der Waals surface area contributed by atoms with Crippen molar-refractivity contribution in [3.05, 3.63) is 11.8 Å². The van der Waals surface area contributed by atoms with Crippen LogP contribution < -0.4 is 22.1 Å². The highest BCUT2D eigenvalue weighted by atomic mass is 32.2. The van der Waals surface area contributed by atoms with Crippen molar-refractivity contribution < 1.29 is 39.5 Å². The lowest BCUT2D eigenvalue weighted by molar-refractivity contribution is -0.147. The molecule has 0 aromatic carbocycles. The molecule has 1 aliphatic heterocycles. The van der Waals surface area contributed by atoms with E-state index in [0.717, 1.165) is 6.08 Å². The number of carboxylic acids is 1. The molecule has 0 aromatic rings. The van der Waals surface area contributed by atoms with Crippen molar-refractivity contribution >= 4 is 35.5 Å². The topological polar surface area (TPSA) is 230 Å². The summed E-state index contributed by atoms with van der Waals surface area (Å²) in [6.45, 7) is 0.320. The van der Waals surface area contributed by atoms with E-state index in [1.165, 1.54) is 18.7 Å². The van der Waals surface area contributed by atoms with Gasteiger partial charge in [-0.3, -0.25) is 9.59 Å². The minimum Gasteiger partial charge on any atom is -0.478 e.